The zero-order chi connectivity index (χ0) is 12.3. The minimum absolute atomic E-state index is 0.134. The van der Waals surface area contributed by atoms with Crippen molar-refractivity contribution in [2.45, 2.75) is 44.9 Å². The summed E-state index contributed by atoms with van der Waals surface area (Å²) >= 11 is 1.72. The van der Waals surface area contributed by atoms with E-state index < -0.39 is 0 Å². The number of hydrogen-bond acceptors (Lipinski definition) is 5. The Kier molecular flexibility index (Phi) is 5.11. The van der Waals surface area contributed by atoms with Gasteiger partial charge in [0, 0.05) is 32.2 Å². The van der Waals surface area contributed by atoms with E-state index in [-0.39, 0.29) is 6.10 Å². The van der Waals surface area contributed by atoms with E-state index in [1.54, 1.807) is 11.9 Å². The molecule has 0 aromatic rings. The van der Waals surface area contributed by atoms with Crippen LogP contribution in [0.25, 0.3) is 0 Å². The Morgan fingerprint density at radius 3 is 2.71 bits per heavy atom. The van der Waals surface area contributed by atoms with Crippen LogP contribution in [-0.4, -0.2) is 64.7 Å². The molecule has 2 rings (SSSR count). The maximum absolute atomic E-state index is 9.40. The Bertz CT molecular complexity index is 241. The predicted octanol–water partition coefficient (Wildman–Crippen LogP) is 1.16. The van der Waals surface area contributed by atoms with Crippen LogP contribution in [0.1, 0.15) is 26.7 Å². The van der Waals surface area contributed by atoms with E-state index in [2.05, 4.69) is 23.1 Å². The van der Waals surface area contributed by atoms with Crippen LogP contribution in [0, 0.1) is 0 Å². The van der Waals surface area contributed by atoms with Gasteiger partial charge < -0.3 is 9.84 Å². The minimum Gasteiger partial charge on any atom is -0.392 e. The molecule has 0 aromatic carbocycles. The van der Waals surface area contributed by atoms with Crippen LogP contribution < -0.4 is 0 Å². The molecule has 2 atom stereocenters. The van der Waals surface area contributed by atoms with E-state index >= 15 is 0 Å². The first-order valence-corrected chi connectivity index (χ1v) is 7.51. The standard InChI is InChI=1S/C12H24N2O2S/c1-10(2)13-5-4-12(8-13)16-9-17-14-6-3-11(15)7-14/h10-12,15H,3-9H2,1-2H3/t11?,12-/m0/s1. The molecule has 0 spiro atoms. The summed E-state index contributed by atoms with van der Waals surface area (Å²) in [4.78, 5) is 2.47. The van der Waals surface area contributed by atoms with E-state index in [9.17, 15) is 5.11 Å². The highest BCUT2D eigenvalue weighted by atomic mass is 32.2. The highest BCUT2D eigenvalue weighted by Gasteiger charge is 2.25. The van der Waals surface area contributed by atoms with Gasteiger partial charge in [-0.2, -0.15) is 0 Å². The molecule has 4 nitrogen and oxygen atoms in total. The van der Waals surface area contributed by atoms with Crippen molar-refractivity contribution in [2.24, 2.45) is 0 Å². The van der Waals surface area contributed by atoms with Crippen molar-refractivity contribution in [1.82, 2.24) is 9.21 Å². The molecule has 2 aliphatic heterocycles. The highest BCUT2D eigenvalue weighted by Crippen LogP contribution is 2.21. The van der Waals surface area contributed by atoms with Crippen molar-refractivity contribution in [1.29, 1.82) is 0 Å². The lowest BCUT2D eigenvalue weighted by Crippen LogP contribution is -2.29. The molecule has 1 unspecified atom stereocenters. The molecule has 0 bridgehead atoms. The Balaban J connectivity index is 1.57. The van der Waals surface area contributed by atoms with Gasteiger partial charge in [-0.3, -0.25) is 4.90 Å². The number of aliphatic hydroxyl groups excluding tert-OH is 1. The van der Waals surface area contributed by atoms with Gasteiger partial charge in [0.25, 0.3) is 0 Å². The van der Waals surface area contributed by atoms with Crippen LogP contribution in [0.5, 0.6) is 0 Å². The summed E-state index contributed by atoms with van der Waals surface area (Å²) in [5.41, 5.74) is 0. The Labute approximate surface area is 108 Å². The van der Waals surface area contributed by atoms with Gasteiger partial charge in [0.2, 0.25) is 0 Å². The maximum atomic E-state index is 9.40. The van der Waals surface area contributed by atoms with Crippen LogP contribution in [-0.2, 0) is 4.74 Å². The average molecular weight is 260 g/mol. The summed E-state index contributed by atoms with van der Waals surface area (Å²) in [5.74, 6) is 0.726. The summed E-state index contributed by atoms with van der Waals surface area (Å²) in [6, 6.07) is 0.630. The lowest BCUT2D eigenvalue weighted by Gasteiger charge is -2.20. The zero-order valence-electron chi connectivity index (χ0n) is 10.8. The van der Waals surface area contributed by atoms with Crippen molar-refractivity contribution < 1.29 is 9.84 Å². The molecule has 100 valence electrons. The number of hydrogen-bond donors (Lipinski definition) is 1. The molecule has 5 heteroatoms. The third kappa shape index (κ3) is 4.10. The Hall–Kier alpha value is 0.190. The van der Waals surface area contributed by atoms with Crippen molar-refractivity contribution in [3.63, 3.8) is 0 Å². The molecule has 0 amide bonds. The van der Waals surface area contributed by atoms with Crippen molar-refractivity contribution >= 4 is 11.9 Å². The molecule has 0 aliphatic carbocycles. The van der Waals surface area contributed by atoms with E-state index in [0.717, 1.165) is 45.0 Å². The van der Waals surface area contributed by atoms with Gasteiger partial charge in [-0.1, -0.05) is 11.9 Å². The number of likely N-dealkylation sites (tertiary alicyclic amines) is 1. The summed E-state index contributed by atoms with van der Waals surface area (Å²) < 4.78 is 8.09. The zero-order valence-corrected chi connectivity index (χ0v) is 11.7. The lowest BCUT2D eigenvalue weighted by atomic mass is 10.3. The smallest absolute Gasteiger partial charge is 0.107 e. The monoisotopic (exact) mass is 260 g/mol. The summed E-state index contributed by atoms with van der Waals surface area (Å²) in [5, 5.41) is 9.40. The fraction of sp³-hybridized carbons (Fsp3) is 1.00. The summed E-state index contributed by atoms with van der Waals surface area (Å²) in [7, 11) is 0. The molecule has 0 radical (unpaired) electrons. The normalized spacial score (nSPS) is 31.8. The third-order valence-corrected chi connectivity index (χ3v) is 4.51. The van der Waals surface area contributed by atoms with Gasteiger partial charge in [0.1, 0.15) is 5.94 Å². The average Bonchev–Trinajstić information content (AvgIpc) is 2.88. The Morgan fingerprint density at radius 1 is 1.29 bits per heavy atom. The van der Waals surface area contributed by atoms with Crippen molar-refractivity contribution in [3.8, 4) is 0 Å². The number of aliphatic hydroxyl groups is 1. The second-order valence-electron chi connectivity index (χ2n) is 5.24. The lowest BCUT2D eigenvalue weighted by molar-refractivity contribution is 0.0906. The Morgan fingerprint density at radius 2 is 2.12 bits per heavy atom. The second-order valence-corrected chi connectivity index (χ2v) is 6.25. The van der Waals surface area contributed by atoms with Crippen LogP contribution >= 0.6 is 11.9 Å². The third-order valence-electron chi connectivity index (χ3n) is 3.57. The minimum atomic E-state index is -0.134. The van der Waals surface area contributed by atoms with Gasteiger partial charge in [-0.25, -0.2) is 4.31 Å². The van der Waals surface area contributed by atoms with Crippen LogP contribution in [0.3, 0.4) is 0 Å². The second kappa shape index (κ2) is 6.38. The number of ether oxygens (including phenoxy) is 1. The molecule has 0 aromatic heterocycles. The maximum Gasteiger partial charge on any atom is 0.107 e. The molecule has 17 heavy (non-hydrogen) atoms. The van der Waals surface area contributed by atoms with Crippen molar-refractivity contribution in [3.05, 3.63) is 0 Å². The van der Waals surface area contributed by atoms with Crippen LogP contribution in [0.4, 0.5) is 0 Å². The topological polar surface area (TPSA) is 35.9 Å². The fourth-order valence-corrected chi connectivity index (χ4v) is 3.30. The number of nitrogens with zero attached hydrogens (tertiary/aromatic N) is 2. The molecule has 2 saturated heterocycles. The van der Waals surface area contributed by atoms with E-state index in [1.807, 2.05) is 0 Å². The molecule has 0 saturated carbocycles. The molecule has 1 N–H and O–H groups in total. The SMILES string of the molecule is CC(C)N1CC[C@H](OCSN2CCC(O)C2)C1. The summed E-state index contributed by atoms with van der Waals surface area (Å²) in [6.07, 6.45) is 2.32. The first-order chi connectivity index (χ1) is 8.15. The predicted molar refractivity (Wildman–Crippen MR) is 70.9 cm³/mol. The van der Waals surface area contributed by atoms with Gasteiger partial charge in [-0.05, 0) is 26.7 Å². The molecule has 2 aliphatic rings. The van der Waals surface area contributed by atoms with Crippen molar-refractivity contribution in [2.75, 3.05) is 32.1 Å². The quantitative estimate of drug-likeness (QED) is 0.593. The van der Waals surface area contributed by atoms with E-state index in [0.29, 0.717) is 12.1 Å². The van der Waals surface area contributed by atoms with Crippen LogP contribution in [0.15, 0.2) is 0 Å². The van der Waals surface area contributed by atoms with E-state index in [1.165, 1.54) is 0 Å². The highest BCUT2D eigenvalue weighted by molar-refractivity contribution is 7.96. The van der Waals surface area contributed by atoms with Gasteiger partial charge >= 0.3 is 0 Å². The molecule has 2 fully saturated rings. The first-order valence-electron chi connectivity index (χ1n) is 6.56. The van der Waals surface area contributed by atoms with Crippen LogP contribution in [0.2, 0.25) is 0 Å². The van der Waals surface area contributed by atoms with Gasteiger partial charge in [-0.15, -0.1) is 0 Å². The molecular formula is C12H24N2O2S. The number of β-amino-alcohol motifs (C(OH)–C–C–N with tert-alkyl or cyclic N) is 1. The number of rotatable bonds is 5. The largest absolute Gasteiger partial charge is 0.392 e. The van der Waals surface area contributed by atoms with Gasteiger partial charge in [0.05, 0.1) is 12.2 Å². The van der Waals surface area contributed by atoms with E-state index in [4.69, 9.17) is 4.74 Å². The fourth-order valence-electron chi connectivity index (χ4n) is 2.39. The van der Waals surface area contributed by atoms with Gasteiger partial charge in [0.15, 0.2) is 0 Å². The summed E-state index contributed by atoms with van der Waals surface area (Å²) in [6.45, 7) is 8.48. The molecular weight excluding hydrogens is 236 g/mol. The molecule has 2 heterocycles. The first kappa shape index (κ1) is 13.6.